The topological polar surface area (TPSA) is 524 Å². The van der Waals surface area contributed by atoms with Gasteiger partial charge in [-0.25, -0.2) is 23.8 Å². The van der Waals surface area contributed by atoms with Gasteiger partial charge in [-0.1, -0.05) is 51.1 Å². The molecule has 6 amide bonds. The standard InChI is InChI=1S/C65H78N8O10.C35H33N5O11S/c1-9-72-53-36-52-50(35-49(53)39(2)37-64(72,4)5)57(51-33-42-18-15-30-71-31-16-21-48(59(42)71)58(51)65(52,6)7)45-19-11-12-20-46(45)61(77)70(8)29-17-22-56(75)69-38-41-23-25-44(54(32-41)73(80)81)40(3)82-63(79)68-28-14-10-13-27-67-60(76)43-24-26-47(55(74)34-43)62(78)83-66;1-17-25(36)11-9-22-28(23-10-12-26(37)31(52(47,48)49)30(23)50-29(17)22)20-7-5-18(15-24(20)34(44)45)32(42)39-13-3-2-4-14-40-33(43)19-6-8-21(27(41)16-19)35(46)51-38/h11-12,19-20,23-26,32-36,39-40H,9-10,13-18,21-22,27-31,37-38,66H2,1-8H3,(H3-,67,68,69,74,75,76,78,79);5-12,15-16,36,41H,2-4,13-14,37-38H2,1H3,(H,39,42)(H,40,43)(H,44,45)(H,47,48,49)/p+1. The molecule has 34 nitrogen and oxygen atoms in total. The molecule has 2 atom stereocenters. The maximum atomic E-state index is 14.9. The lowest BCUT2D eigenvalue weighted by molar-refractivity contribution is -0.386. The van der Waals surface area contributed by atoms with Crippen LogP contribution in [0.2, 0.25) is 0 Å². The number of nitrogens with one attached hydrogen (secondary N) is 6. The largest absolute Gasteiger partial charge is 0.507 e. The van der Waals surface area contributed by atoms with Gasteiger partial charge in [0.2, 0.25) is 11.3 Å². The molecule has 8 aromatic carbocycles. The summed E-state index contributed by atoms with van der Waals surface area (Å²) in [6.07, 6.45) is 7.60. The Labute approximate surface area is 779 Å². The van der Waals surface area contributed by atoms with Gasteiger partial charge in [-0.05, 0) is 258 Å². The predicted molar refractivity (Wildman–Crippen MR) is 504 cm³/mol. The molecule has 8 aromatic rings. The van der Waals surface area contributed by atoms with Crippen LogP contribution in [0.15, 0.2) is 149 Å². The van der Waals surface area contributed by atoms with E-state index in [1.165, 1.54) is 135 Å². The average Bonchev–Trinajstić information content (AvgIpc) is 0.690. The fraction of sp³-hybridized carbons (Fsp3) is 0.350. The molecule has 0 saturated carbocycles. The molecular formula is C100H112N13O21S+. The third-order valence-electron chi connectivity index (χ3n) is 25.7. The number of benzene rings is 9. The van der Waals surface area contributed by atoms with E-state index in [0.717, 1.165) is 75.0 Å². The molecule has 4 heterocycles. The zero-order chi connectivity index (χ0) is 97.4. The molecule has 0 radical (unpaired) electrons. The zero-order valence-electron chi connectivity index (χ0n) is 76.6. The second kappa shape index (κ2) is 41.4. The number of alkyl carbamates (subject to hydrolysis) is 1. The molecule has 0 aromatic heterocycles. The summed E-state index contributed by atoms with van der Waals surface area (Å²) < 4.78 is 48.8. The molecule has 135 heavy (non-hydrogen) atoms. The van der Waals surface area contributed by atoms with E-state index in [1.807, 2.05) is 18.2 Å². The average molecular weight is 1860 g/mol. The number of amides is 6. The molecule has 0 bridgehead atoms. The first-order valence-corrected chi connectivity index (χ1v) is 46.3. The summed E-state index contributed by atoms with van der Waals surface area (Å²) in [5.74, 6) is 4.07. The summed E-state index contributed by atoms with van der Waals surface area (Å²) in [5, 5.41) is 67.3. The van der Waals surface area contributed by atoms with E-state index in [1.54, 1.807) is 24.9 Å². The highest BCUT2D eigenvalue weighted by atomic mass is 32.2. The normalized spacial score (nSPS) is 14.5. The zero-order valence-corrected chi connectivity index (χ0v) is 77.5. The van der Waals surface area contributed by atoms with Crippen molar-refractivity contribution in [1.29, 1.82) is 5.41 Å². The van der Waals surface area contributed by atoms with Crippen LogP contribution in [0, 0.1) is 22.4 Å². The number of carbonyl (C=O) groups excluding carboxylic acids is 8. The van der Waals surface area contributed by atoms with Crippen molar-refractivity contribution in [3.05, 3.63) is 260 Å². The molecule has 708 valence electrons. The number of unbranched alkanes of at least 4 members (excludes halogenated alkanes) is 4. The van der Waals surface area contributed by atoms with Gasteiger partial charge < -0.3 is 81.7 Å². The van der Waals surface area contributed by atoms with Crippen molar-refractivity contribution >= 4 is 97.3 Å². The smallest absolute Gasteiger partial charge is 0.407 e. The second-order valence-corrected chi connectivity index (χ2v) is 36.9. The molecule has 14 rings (SSSR count). The Morgan fingerprint density at radius 3 is 1.88 bits per heavy atom. The van der Waals surface area contributed by atoms with Crippen LogP contribution in [0.3, 0.4) is 0 Å². The van der Waals surface area contributed by atoms with Gasteiger partial charge in [0, 0.05) is 150 Å². The van der Waals surface area contributed by atoms with Crippen LogP contribution in [0.4, 0.5) is 21.9 Å². The summed E-state index contributed by atoms with van der Waals surface area (Å²) in [6.45, 7) is 21.8. The summed E-state index contributed by atoms with van der Waals surface area (Å²) in [5.41, 5.74) is 18.1. The number of aromatic hydroxyl groups is 2. The van der Waals surface area contributed by atoms with Gasteiger partial charge in [0.15, 0.2) is 10.5 Å². The van der Waals surface area contributed by atoms with Gasteiger partial charge in [-0.2, -0.15) is 20.2 Å². The molecule has 4 aliphatic heterocycles. The van der Waals surface area contributed by atoms with Crippen molar-refractivity contribution in [2.45, 2.75) is 173 Å². The number of nitro benzene ring substituents is 1. The summed E-state index contributed by atoms with van der Waals surface area (Å²) in [7, 11) is -3.12. The van der Waals surface area contributed by atoms with Crippen LogP contribution in [0.25, 0.3) is 39.0 Å². The lowest BCUT2D eigenvalue weighted by Gasteiger charge is -2.48. The Kier molecular flexibility index (Phi) is 30.1. The Morgan fingerprint density at radius 2 is 1.29 bits per heavy atom. The number of aromatic carboxylic acids is 1. The van der Waals surface area contributed by atoms with Crippen molar-refractivity contribution < 1.29 is 95.2 Å². The van der Waals surface area contributed by atoms with E-state index in [2.05, 4.69) is 112 Å². The number of nitrogens with zero attached hydrogens (tertiary/aromatic N) is 4. The van der Waals surface area contributed by atoms with Crippen LogP contribution in [-0.2, 0) is 54.1 Å². The van der Waals surface area contributed by atoms with Crippen LogP contribution in [-0.4, -0.2) is 157 Å². The lowest BCUT2D eigenvalue weighted by Crippen LogP contribution is -2.50. The minimum absolute atomic E-state index is 0.00137. The van der Waals surface area contributed by atoms with E-state index in [4.69, 9.17) is 32.1 Å². The quantitative estimate of drug-likeness (QED) is 0.00354. The number of hydrogen-bond donors (Lipinski definition) is 13. The van der Waals surface area contributed by atoms with Crippen LogP contribution in [0.1, 0.15) is 259 Å². The maximum absolute atomic E-state index is 14.9. The number of anilines is 2. The van der Waals surface area contributed by atoms with Gasteiger partial charge in [-0.15, -0.1) is 0 Å². The molecule has 0 saturated heterocycles. The number of carboxylic acids is 1. The number of ether oxygens (including phenoxy) is 1. The Hall–Kier alpha value is -14.4. The molecule has 0 spiro atoms. The van der Waals surface area contributed by atoms with Gasteiger partial charge in [0.05, 0.1) is 27.1 Å². The van der Waals surface area contributed by atoms with Gasteiger partial charge in [0.25, 0.3) is 39.4 Å². The molecular weight excluding hydrogens is 1750 g/mol. The van der Waals surface area contributed by atoms with Crippen LogP contribution in [0.5, 0.6) is 11.5 Å². The number of phenols is 2. The van der Waals surface area contributed by atoms with E-state index >= 15 is 0 Å². The number of fused-ring (bicyclic) bond motifs is 6. The summed E-state index contributed by atoms with van der Waals surface area (Å²) >= 11 is 0. The third kappa shape index (κ3) is 21.0. The lowest BCUT2D eigenvalue weighted by atomic mass is 9.64. The number of aryl methyl sites for hydroxylation is 1. The van der Waals surface area contributed by atoms with Crippen LogP contribution >= 0.6 is 0 Å². The van der Waals surface area contributed by atoms with E-state index in [0.29, 0.717) is 92.8 Å². The minimum atomic E-state index is -4.91. The molecule has 0 fully saturated rings. The first-order chi connectivity index (χ1) is 64.3. The van der Waals surface area contributed by atoms with Crippen molar-refractivity contribution in [1.82, 2.24) is 36.1 Å². The molecule has 2 unspecified atom stereocenters. The fourth-order valence-corrected chi connectivity index (χ4v) is 19.9. The Morgan fingerprint density at radius 1 is 0.696 bits per heavy atom. The SMILES string of the molecule is CCN1c2cc3c(cc2C(C)CC1(C)C)C(c1ccccc1C(=O)N(C)CCCC(=O)NCc1ccc(C(C)OC(=O)NCCCCCNC(=O)c2ccc(C(=O)ON)c(O)c2)c([N+](=O)[O-])c1)=c1cc2c4c(c1C3(C)C)CCC[N+]=4CCC2.Cc1c2oc3c(S(=O)(=O)O)c(N)ccc3c(-c3ccc(C(=O)NCCCCCNC(=O)c4ccc(C(=O)ON)c(O)c4)cc3C(=O)O)c-2ccc1=N. The predicted octanol–water partition coefficient (Wildman–Crippen LogP) is 11.9. The summed E-state index contributed by atoms with van der Waals surface area (Å²) in [4.78, 5) is 138. The van der Waals surface area contributed by atoms with Crippen LogP contribution < -0.4 is 69.5 Å². The van der Waals surface area contributed by atoms with E-state index < -0.39 is 79.3 Å². The van der Waals surface area contributed by atoms with Crippen molar-refractivity contribution in [2.75, 3.05) is 70.0 Å². The number of nitrogens with two attached hydrogens (primary N) is 3. The minimum Gasteiger partial charge on any atom is -0.507 e. The number of carboxylic acid groups (broad SMARTS) is 1. The monoisotopic (exact) mass is 1860 g/mol. The maximum Gasteiger partial charge on any atom is 0.407 e. The van der Waals surface area contributed by atoms with Crippen molar-refractivity contribution in [3.8, 4) is 33.9 Å². The first kappa shape index (κ1) is 98.1. The third-order valence-corrected chi connectivity index (χ3v) is 26.7. The molecule has 2 aliphatic carbocycles. The number of nitro groups is 1. The highest BCUT2D eigenvalue weighted by Gasteiger charge is 2.44. The highest BCUT2D eigenvalue weighted by Crippen LogP contribution is 2.51. The second-order valence-electron chi connectivity index (χ2n) is 35.5. The number of carbonyl (C=O) groups is 9. The fourth-order valence-electron chi connectivity index (χ4n) is 19.2. The number of phenolic OH excluding ortho intramolecular Hbond substituents is 2. The number of rotatable bonds is 32. The molecule has 16 N–H and O–H groups in total. The van der Waals surface area contributed by atoms with E-state index in [9.17, 15) is 81.6 Å². The summed E-state index contributed by atoms with van der Waals surface area (Å²) in [6, 6.07) is 37.1. The van der Waals surface area contributed by atoms with Crippen molar-refractivity contribution in [2.24, 2.45) is 11.8 Å². The van der Waals surface area contributed by atoms with Gasteiger partial charge >= 0.3 is 24.0 Å². The van der Waals surface area contributed by atoms with Gasteiger partial charge in [-0.3, -0.25) is 38.6 Å². The van der Waals surface area contributed by atoms with Gasteiger partial charge in [0.1, 0.15) is 47.6 Å². The van der Waals surface area contributed by atoms with Crippen molar-refractivity contribution in [3.63, 3.8) is 0 Å². The molecule has 35 heteroatoms. The first-order valence-electron chi connectivity index (χ1n) is 44.9. The molecule has 6 aliphatic rings. The number of nitrogen functional groups attached to an aromatic ring is 1. The Balaban J connectivity index is 0.000000255. The Bertz CT molecular complexity index is 6720. The number of hydrogen-bond acceptors (Lipinski definition) is 24. The van der Waals surface area contributed by atoms with E-state index in [-0.39, 0.29) is 132 Å². The highest BCUT2D eigenvalue weighted by molar-refractivity contribution is 7.86.